The van der Waals surface area contributed by atoms with Gasteiger partial charge < -0.3 is 4.74 Å². The van der Waals surface area contributed by atoms with E-state index < -0.39 is 0 Å². The second-order valence-corrected chi connectivity index (χ2v) is 4.15. The van der Waals surface area contributed by atoms with Gasteiger partial charge in [0.1, 0.15) is 0 Å². The van der Waals surface area contributed by atoms with Gasteiger partial charge in [0.2, 0.25) is 0 Å². The fourth-order valence-electron chi connectivity index (χ4n) is 1.28. The molecule has 14 heavy (non-hydrogen) atoms. The van der Waals surface area contributed by atoms with Crippen molar-refractivity contribution in [2.75, 3.05) is 11.9 Å². The number of benzene rings is 1. The fraction of sp³-hybridized carbons (Fsp3) is 0.455. The minimum atomic E-state index is 0.251. The molecule has 0 aliphatic carbocycles. The van der Waals surface area contributed by atoms with E-state index in [1.165, 1.54) is 5.56 Å². The molecular weight excluding hydrogens is 263 g/mol. The van der Waals surface area contributed by atoms with Crippen molar-refractivity contribution in [3.05, 3.63) is 34.9 Å². The third-order valence-corrected chi connectivity index (χ3v) is 2.93. The lowest BCUT2D eigenvalue weighted by Gasteiger charge is -2.13. The van der Waals surface area contributed by atoms with Crippen molar-refractivity contribution in [3.8, 4) is 0 Å². The Kier molecular flexibility index (Phi) is 5.53. The van der Waals surface area contributed by atoms with Gasteiger partial charge in [0.05, 0.1) is 6.10 Å². The van der Waals surface area contributed by atoms with Gasteiger partial charge >= 0.3 is 0 Å². The van der Waals surface area contributed by atoms with Gasteiger partial charge in [0.25, 0.3) is 0 Å². The van der Waals surface area contributed by atoms with E-state index in [-0.39, 0.29) is 6.10 Å². The molecule has 0 aliphatic rings. The molecule has 1 atom stereocenters. The minimum Gasteiger partial charge on any atom is -0.377 e. The molecule has 0 N–H and O–H groups in total. The highest BCUT2D eigenvalue weighted by Gasteiger charge is 2.07. The summed E-state index contributed by atoms with van der Waals surface area (Å²) in [4.78, 5) is 0. The van der Waals surface area contributed by atoms with E-state index in [9.17, 15) is 0 Å². The first kappa shape index (κ1) is 12.0. The Balaban J connectivity index is 2.53. The largest absolute Gasteiger partial charge is 0.377 e. The molecule has 1 nitrogen and oxygen atoms in total. The molecule has 1 aromatic rings. The molecule has 0 heterocycles. The first-order chi connectivity index (χ1) is 6.76. The zero-order valence-electron chi connectivity index (χ0n) is 8.17. The van der Waals surface area contributed by atoms with Gasteiger partial charge in [-0.25, -0.2) is 0 Å². The van der Waals surface area contributed by atoms with Gasteiger partial charge in [-0.2, -0.15) is 0 Å². The Morgan fingerprint density at radius 1 is 1.36 bits per heavy atom. The highest BCUT2D eigenvalue weighted by molar-refractivity contribution is 9.09. The van der Waals surface area contributed by atoms with Crippen molar-refractivity contribution in [2.24, 2.45) is 0 Å². The lowest BCUT2D eigenvalue weighted by molar-refractivity contribution is 0.0810. The van der Waals surface area contributed by atoms with E-state index in [1.807, 2.05) is 31.2 Å². The molecule has 0 fully saturated rings. The molecule has 0 saturated heterocycles. The lowest BCUT2D eigenvalue weighted by atomic mass is 10.1. The summed E-state index contributed by atoms with van der Waals surface area (Å²) in [5.74, 6) is 0. The Morgan fingerprint density at radius 2 is 2.00 bits per heavy atom. The van der Waals surface area contributed by atoms with Crippen LogP contribution in [-0.4, -0.2) is 18.0 Å². The Hall–Kier alpha value is -0.0500. The van der Waals surface area contributed by atoms with Gasteiger partial charge in [0, 0.05) is 17.0 Å². The molecule has 1 aromatic carbocycles. The van der Waals surface area contributed by atoms with Gasteiger partial charge in [0.15, 0.2) is 0 Å². The zero-order valence-corrected chi connectivity index (χ0v) is 10.5. The molecule has 0 radical (unpaired) electrons. The zero-order chi connectivity index (χ0) is 10.4. The quantitative estimate of drug-likeness (QED) is 0.746. The average molecular weight is 278 g/mol. The maximum absolute atomic E-state index is 5.80. The normalized spacial score (nSPS) is 12.8. The molecule has 1 rings (SSSR count). The molecule has 0 aromatic heterocycles. The molecular formula is C11H14BrClO. The predicted molar refractivity (Wildman–Crippen MR) is 64.4 cm³/mol. The summed E-state index contributed by atoms with van der Waals surface area (Å²) in [6.07, 6.45) is 1.18. The van der Waals surface area contributed by atoms with Crippen LogP contribution >= 0.6 is 27.5 Å². The van der Waals surface area contributed by atoms with E-state index in [2.05, 4.69) is 15.9 Å². The van der Waals surface area contributed by atoms with Crippen LogP contribution in [-0.2, 0) is 11.2 Å². The molecule has 1 unspecified atom stereocenters. The van der Waals surface area contributed by atoms with Crippen molar-refractivity contribution >= 4 is 27.5 Å². The van der Waals surface area contributed by atoms with Crippen LogP contribution in [0.4, 0.5) is 0 Å². The van der Waals surface area contributed by atoms with Gasteiger partial charge in [-0.1, -0.05) is 39.7 Å². The summed E-state index contributed by atoms with van der Waals surface area (Å²) in [6.45, 7) is 2.77. The second kappa shape index (κ2) is 6.44. The van der Waals surface area contributed by atoms with E-state index in [0.717, 1.165) is 23.4 Å². The third-order valence-electron chi connectivity index (χ3n) is 1.95. The summed E-state index contributed by atoms with van der Waals surface area (Å²) >= 11 is 9.24. The van der Waals surface area contributed by atoms with Crippen LogP contribution in [0.25, 0.3) is 0 Å². The van der Waals surface area contributed by atoms with Crippen molar-refractivity contribution < 1.29 is 4.74 Å². The average Bonchev–Trinajstić information content (AvgIpc) is 2.20. The number of halogens is 2. The standard InChI is InChI=1S/C11H14BrClO/c1-2-14-11(8-12)7-9-3-5-10(13)6-4-9/h3-6,11H,2,7-8H2,1H3. The van der Waals surface area contributed by atoms with E-state index >= 15 is 0 Å². The number of hydrogen-bond acceptors (Lipinski definition) is 1. The summed E-state index contributed by atoms with van der Waals surface area (Å²) in [5.41, 5.74) is 1.26. The van der Waals surface area contributed by atoms with Crippen LogP contribution in [0, 0.1) is 0 Å². The molecule has 0 saturated carbocycles. The van der Waals surface area contributed by atoms with Gasteiger partial charge in [-0.3, -0.25) is 0 Å². The molecule has 78 valence electrons. The summed E-state index contributed by atoms with van der Waals surface area (Å²) in [5, 5.41) is 1.64. The van der Waals surface area contributed by atoms with Crippen LogP contribution in [0.3, 0.4) is 0 Å². The van der Waals surface area contributed by atoms with Crippen molar-refractivity contribution in [3.63, 3.8) is 0 Å². The molecule has 0 aliphatic heterocycles. The third kappa shape index (κ3) is 3.99. The van der Waals surface area contributed by atoms with Crippen LogP contribution in [0.1, 0.15) is 12.5 Å². The predicted octanol–water partition coefficient (Wildman–Crippen LogP) is 3.68. The highest BCUT2D eigenvalue weighted by atomic mass is 79.9. The fourth-order valence-corrected chi connectivity index (χ4v) is 1.82. The summed E-state index contributed by atoms with van der Waals surface area (Å²) in [6, 6.07) is 7.90. The van der Waals surface area contributed by atoms with Crippen LogP contribution in [0.2, 0.25) is 5.02 Å². The van der Waals surface area contributed by atoms with Gasteiger partial charge in [-0.05, 0) is 31.0 Å². The number of alkyl halides is 1. The van der Waals surface area contributed by atoms with Crippen molar-refractivity contribution in [2.45, 2.75) is 19.4 Å². The molecule has 0 bridgehead atoms. The SMILES string of the molecule is CCOC(CBr)Cc1ccc(Cl)cc1. The summed E-state index contributed by atoms with van der Waals surface area (Å²) in [7, 11) is 0. The molecule has 0 amide bonds. The van der Waals surface area contributed by atoms with Crippen LogP contribution in [0.5, 0.6) is 0 Å². The highest BCUT2D eigenvalue weighted by Crippen LogP contribution is 2.13. The number of rotatable bonds is 5. The van der Waals surface area contributed by atoms with E-state index in [0.29, 0.717) is 0 Å². The summed E-state index contributed by atoms with van der Waals surface area (Å²) < 4.78 is 5.55. The Labute approximate surface area is 98.5 Å². The smallest absolute Gasteiger partial charge is 0.0711 e. The monoisotopic (exact) mass is 276 g/mol. The lowest BCUT2D eigenvalue weighted by Crippen LogP contribution is -2.17. The maximum atomic E-state index is 5.80. The molecule has 3 heteroatoms. The Bertz CT molecular complexity index is 260. The number of hydrogen-bond donors (Lipinski definition) is 0. The van der Waals surface area contributed by atoms with Crippen molar-refractivity contribution in [1.82, 2.24) is 0 Å². The van der Waals surface area contributed by atoms with E-state index in [4.69, 9.17) is 16.3 Å². The second-order valence-electron chi connectivity index (χ2n) is 3.06. The van der Waals surface area contributed by atoms with Crippen LogP contribution < -0.4 is 0 Å². The first-order valence-electron chi connectivity index (χ1n) is 4.68. The molecule has 0 spiro atoms. The van der Waals surface area contributed by atoms with E-state index in [1.54, 1.807) is 0 Å². The first-order valence-corrected chi connectivity index (χ1v) is 6.18. The Morgan fingerprint density at radius 3 is 2.50 bits per heavy atom. The maximum Gasteiger partial charge on any atom is 0.0711 e. The van der Waals surface area contributed by atoms with Gasteiger partial charge in [-0.15, -0.1) is 0 Å². The number of ether oxygens (including phenoxy) is 1. The van der Waals surface area contributed by atoms with Crippen molar-refractivity contribution in [1.29, 1.82) is 0 Å². The van der Waals surface area contributed by atoms with Crippen LogP contribution in [0.15, 0.2) is 24.3 Å². The topological polar surface area (TPSA) is 9.23 Å². The minimum absolute atomic E-state index is 0.251.